The van der Waals surface area contributed by atoms with Crippen molar-refractivity contribution in [3.63, 3.8) is 0 Å². The van der Waals surface area contributed by atoms with Crippen molar-refractivity contribution in [2.45, 2.75) is 6.92 Å². The van der Waals surface area contributed by atoms with Gasteiger partial charge in [-0.25, -0.2) is 4.98 Å². The van der Waals surface area contributed by atoms with Crippen molar-refractivity contribution < 1.29 is 4.79 Å². The molecule has 0 aliphatic carbocycles. The van der Waals surface area contributed by atoms with Gasteiger partial charge in [0.2, 0.25) is 0 Å². The molecule has 0 aliphatic rings. The molecule has 0 aliphatic heterocycles. The van der Waals surface area contributed by atoms with Crippen molar-refractivity contribution >= 4 is 28.7 Å². The van der Waals surface area contributed by atoms with Crippen LogP contribution in [0.4, 0.5) is 11.5 Å². The molecule has 0 bridgehead atoms. The molecule has 0 aromatic carbocycles. The zero-order valence-corrected chi connectivity index (χ0v) is 12.7. The second-order valence-electron chi connectivity index (χ2n) is 4.76. The van der Waals surface area contributed by atoms with Crippen molar-refractivity contribution in [1.29, 1.82) is 0 Å². The van der Waals surface area contributed by atoms with Crippen molar-refractivity contribution in [3.05, 3.63) is 59.4 Å². The van der Waals surface area contributed by atoms with Crippen LogP contribution in [-0.2, 0) is 0 Å². The minimum atomic E-state index is -0.286. The summed E-state index contributed by atoms with van der Waals surface area (Å²) in [6.45, 7) is 2.04. The zero-order valence-electron chi connectivity index (χ0n) is 11.9. The van der Waals surface area contributed by atoms with E-state index in [2.05, 4.69) is 15.3 Å². The molecule has 5 nitrogen and oxygen atoms in total. The lowest BCUT2D eigenvalue weighted by Crippen LogP contribution is -2.15. The van der Waals surface area contributed by atoms with Crippen LogP contribution in [0.15, 0.2) is 48.9 Å². The van der Waals surface area contributed by atoms with Gasteiger partial charge < -0.3 is 11.1 Å². The predicted molar refractivity (Wildman–Crippen MR) is 88.9 cm³/mol. The van der Waals surface area contributed by atoms with Gasteiger partial charge in [-0.2, -0.15) is 0 Å². The number of hydrogen-bond acceptors (Lipinski definition) is 5. The average molecular weight is 310 g/mol. The highest BCUT2D eigenvalue weighted by atomic mass is 32.1. The van der Waals surface area contributed by atoms with Gasteiger partial charge in [-0.05, 0) is 37.3 Å². The first-order valence-corrected chi connectivity index (χ1v) is 7.49. The molecule has 3 heterocycles. The molecule has 0 saturated heterocycles. The van der Waals surface area contributed by atoms with Gasteiger partial charge in [0, 0.05) is 39.6 Å². The summed E-state index contributed by atoms with van der Waals surface area (Å²) < 4.78 is 0. The molecule has 0 unspecified atom stereocenters. The normalized spacial score (nSPS) is 10.4. The van der Waals surface area contributed by atoms with Gasteiger partial charge in [0.05, 0.1) is 5.56 Å². The van der Waals surface area contributed by atoms with E-state index in [9.17, 15) is 4.79 Å². The first-order valence-electron chi connectivity index (χ1n) is 6.67. The quantitative estimate of drug-likeness (QED) is 0.777. The number of anilines is 2. The Morgan fingerprint density at radius 1 is 1.23 bits per heavy atom. The lowest BCUT2D eigenvalue weighted by atomic mass is 10.1. The van der Waals surface area contributed by atoms with Crippen LogP contribution in [0.25, 0.3) is 10.4 Å². The predicted octanol–water partition coefficient (Wildman–Crippen LogP) is 3.35. The van der Waals surface area contributed by atoms with Gasteiger partial charge in [-0.15, -0.1) is 11.3 Å². The SMILES string of the molecule is Cc1ccc(-c2cnc(N)c(C(=O)Nc3ccncc3)c2)s1. The number of hydrogen-bond donors (Lipinski definition) is 2. The first-order chi connectivity index (χ1) is 10.6. The monoisotopic (exact) mass is 310 g/mol. The molecule has 1 amide bonds. The van der Waals surface area contributed by atoms with Crippen LogP contribution in [0.3, 0.4) is 0 Å². The second-order valence-corrected chi connectivity index (χ2v) is 6.05. The number of rotatable bonds is 3. The number of carbonyl (C=O) groups excluding carboxylic acids is 1. The smallest absolute Gasteiger partial charge is 0.259 e. The summed E-state index contributed by atoms with van der Waals surface area (Å²) in [5, 5.41) is 2.79. The highest BCUT2D eigenvalue weighted by Crippen LogP contribution is 2.29. The maximum atomic E-state index is 12.4. The first kappa shape index (κ1) is 14.2. The number of nitrogens with zero attached hydrogens (tertiary/aromatic N) is 2. The molecule has 110 valence electrons. The van der Waals surface area contributed by atoms with Crippen LogP contribution in [-0.4, -0.2) is 15.9 Å². The zero-order chi connectivity index (χ0) is 15.5. The van der Waals surface area contributed by atoms with Gasteiger partial charge in [0.1, 0.15) is 5.82 Å². The van der Waals surface area contributed by atoms with E-state index in [1.165, 1.54) is 4.88 Å². The van der Waals surface area contributed by atoms with Crippen molar-refractivity contribution in [3.8, 4) is 10.4 Å². The van der Waals surface area contributed by atoms with E-state index in [4.69, 9.17) is 5.73 Å². The summed E-state index contributed by atoms with van der Waals surface area (Å²) in [7, 11) is 0. The third-order valence-corrected chi connectivity index (χ3v) is 4.18. The van der Waals surface area contributed by atoms with Crippen LogP contribution in [0.1, 0.15) is 15.2 Å². The Balaban J connectivity index is 1.91. The van der Waals surface area contributed by atoms with E-state index < -0.39 is 0 Å². The molecular weight excluding hydrogens is 296 g/mol. The lowest BCUT2D eigenvalue weighted by Gasteiger charge is -2.08. The summed E-state index contributed by atoms with van der Waals surface area (Å²) in [6.07, 6.45) is 4.91. The number of thiophene rings is 1. The van der Waals surface area contributed by atoms with E-state index in [0.29, 0.717) is 11.3 Å². The van der Waals surface area contributed by atoms with E-state index >= 15 is 0 Å². The van der Waals surface area contributed by atoms with Crippen LogP contribution in [0.5, 0.6) is 0 Å². The van der Waals surface area contributed by atoms with Crippen molar-refractivity contribution in [2.24, 2.45) is 0 Å². The fourth-order valence-electron chi connectivity index (χ4n) is 2.02. The number of amides is 1. The molecule has 3 rings (SSSR count). The number of nitrogens with two attached hydrogens (primary N) is 1. The summed E-state index contributed by atoms with van der Waals surface area (Å²) in [5.41, 5.74) is 7.75. The maximum Gasteiger partial charge on any atom is 0.259 e. The third kappa shape index (κ3) is 2.96. The van der Waals surface area contributed by atoms with Crippen LogP contribution in [0, 0.1) is 6.92 Å². The number of aromatic nitrogens is 2. The molecular formula is C16H14N4OS. The largest absolute Gasteiger partial charge is 0.383 e. The average Bonchev–Trinajstić information content (AvgIpc) is 2.95. The summed E-state index contributed by atoms with van der Waals surface area (Å²) in [6, 6.07) is 9.25. The molecule has 0 atom stereocenters. The second kappa shape index (κ2) is 5.95. The molecule has 22 heavy (non-hydrogen) atoms. The minimum Gasteiger partial charge on any atom is -0.383 e. The van der Waals surface area contributed by atoms with E-state index in [1.54, 1.807) is 48.1 Å². The molecule has 3 aromatic rings. The fourth-order valence-corrected chi connectivity index (χ4v) is 2.86. The molecule has 0 fully saturated rings. The van der Waals surface area contributed by atoms with Crippen LogP contribution < -0.4 is 11.1 Å². The number of carbonyl (C=O) groups is 1. The maximum absolute atomic E-state index is 12.4. The number of pyridine rings is 2. The highest BCUT2D eigenvalue weighted by Gasteiger charge is 2.13. The number of aryl methyl sites for hydroxylation is 1. The third-order valence-electron chi connectivity index (χ3n) is 3.13. The fraction of sp³-hybridized carbons (Fsp3) is 0.0625. The van der Waals surface area contributed by atoms with Gasteiger partial charge in [0.25, 0.3) is 5.91 Å². The Morgan fingerprint density at radius 3 is 2.68 bits per heavy atom. The van der Waals surface area contributed by atoms with E-state index in [0.717, 1.165) is 10.4 Å². The van der Waals surface area contributed by atoms with Gasteiger partial charge in [-0.1, -0.05) is 0 Å². The topological polar surface area (TPSA) is 80.9 Å². The van der Waals surface area contributed by atoms with Crippen LogP contribution in [0.2, 0.25) is 0 Å². The standard InChI is InChI=1S/C16H14N4OS/c1-10-2-3-14(22-10)11-8-13(15(17)19-9-11)16(21)20-12-4-6-18-7-5-12/h2-9H,1H3,(H2,17,19)(H,18,20,21). The number of nitrogen functional groups attached to an aromatic ring is 1. The van der Waals surface area contributed by atoms with E-state index in [-0.39, 0.29) is 11.7 Å². The number of nitrogens with one attached hydrogen (secondary N) is 1. The van der Waals surface area contributed by atoms with Crippen molar-refractivity contribution in [1.82, 2.24) is 9.97 Å². The Kier molecular flexibility index (Phi) is 3.84. The Bertz CT molecular complexity index is 814. The van der Waals surface area contributed by atoms with E-state index in [1.807, 2.05) is 19.1 Å². The van der Waals surface area contributed by atoms with Crippen molar-refractivity contribution in [2.75, 3.05) is 11.1 Å². The molecule has 0 radical (unpaired) electrons. The Hall–Kier alpha value is -2.73. The van der Waals surface area contributed by atoms with Gasteiger partial charge in [-0.3, -0.25) is 9.78 Å². The summed E-state index contributed by atoms with van der Waals surface area (Å²) >= 11 is 1.65. The molecule has 0 saturated carbocycles. The van der Waals surface area contributed by atoms with Crippen LogP contribution >= 0.6 is 11.3 Å². The summed E-state index contributed by atoms with van der Waals surface area (Å²) in [5.74, 6) is -0.0742. The molecule has 6 heteroatoms. The molecule has 3 aromatic heterocycles. The summed E-state index contributed by atoms with van der Waals surface area (Å²) in [4.78, 5) is 22.7. The Morgan fingerprint density at radius 2 is 2.00 bits per heavy atom. The lowest BCUT2D eigenvalue weighted by molar-refractivity contribution is 0.102. The van der Waals surface area contributed by atoms with Gasteiger partial charge >= 0.3 is 0 Å². The highest BCUT2D eigenvalue weighted by molar-refractivity contribution is 7.15. The van der Waals surface area contributed by atoms with Gasteiger partial charge in [0.15, 0.2) is 0 Å². The minimum absolute atomic E-state index is 0.212. The molecule has 3 N–H and O–H groups in total. The Labute approximate surface area is 131 Å². The molecule has 0 spiro atoms.